The fourth-order valence-corrected chi connectivity index (χ4v) is 3.38. The summed E-state index contributed by atoms with van der Waals surface area (Å²) in [6.07, 6.45) is 2.88. The Hall–Kier alpha value is -3.17. The van der Waals surface area contributed by atoms with E-state index in [1.54, 1.807) is 19.1 Å². The molecule has 0 aliphatic carbocycles. The van der Waals surface area contributed by atoms with Gasteiger partial charge in [-0.25, -0.2) is 14.6 Å². The van der Waals surface area contributed by atoms with E-state index < -0.39 is 17.8 Å². The molecule has 11 heteroatoms. The maximum Gasteiger partial charge on any atom is 0.312 e. The maximum absolute atomic E-state index is 12.7. The zero-order chi connectivity index (χ0) is 21.8. The number of carbonyl (C=O) groups is 2. The monoisotopic (exact) mass is 449 g/mol. The molecule has 2 N–H and O–H groups in total. The van der Waals surface area contributed by atoms with Crippen LogP contribution >= 0.6 is 23.2 Å². The van der Waals surface area contributed by atoms with Crippen LogP contribution in [-0.4, -0.2) is 50.4 Å². The smallest absolute Gasteiger partial charge is 0.312 e. The largest absolute Gasteiger partial charge is 0.481 e. The summed E-state index contributed by atoms with van der Waals surface area (Å²) in [6, 6.07) is 6.17. The van der Waals surface area contributed by atoms with Crippen LogP contribution in [-0.2, 0) is 4.79 Å². The number of aryl methyl sites for hydroxylation is 1. The molecule has 156 valence electrons. The van der Waals surface area contributed by atoms with Gasteiger partial charge in [0.2, 0.25) is 5.88 Å². The molecule has 0 fully saturated rings. The Balaban J connectivity index is 1.78. The summed E-state index contributed by atoms with van der Waals surface area (Å²) in [7, 11) is 1.46. The predicted molar refractivity (Wildman–Crippen MR) is 110 cm³/mol. The Kier molecular flexibility index (Phi) is 6.53. The van der Waals surface area contributed by atoms with E-state index in [1.165, 1.54) is 36.4 Å². The molecule has 0 saturated heterocycles. The molecule has 1 aromatic carbocycles. The van der Waals surface area contributed by atoms with Gasteiger partial charge < -0.3 is 15.2 Å². The van der Waals surface area contributed by atoms with Gasteiger partial charge in [-0.05, 0) is 24.6 Å². The summed E-state index contributed by atoms with van der Waals surface area (Å²) < 4.78 is 6.45. The number of methoxy groups -OCH3 is 1. The number of nitrogens with zero attached hydrogens (tertiary/aromatic N) is 4. The number of hydrogen-bond acceptors (Lipinski definition) is 6. The van der Waals surface area contributed by atoms with Gasteiger partial charge in [-0.1, -0.05) is 29.3 Å². The molecule has 0 bridgehead atoms. The number of pyridine rings is 1. The van der Waals surface area contributed by atoms with Crippen LogP contribution < -0.4 is 10.1 Å². The fraction of sp³-hybridized carbons (Fsp3) is 0.211. The molecule has 0 spiro atoms. The predicted octanol–water partition coefficient (Wildman–Crippen LogP) is 2.88. The molecule has 0 saturated carbocycles. The number of nitrogens with one attached hydrogen (secondary N) is 1. The van der Waals surface area contributed by atoms with Crippen molar-refractivity contribution in [3.05, 3.63) is 63.8 Å². The molecule has 2 heterocycles. The zero-order valence-corrected chi connectivity index (χ0v) is 17.5. The maximum atomic E-state index is 12.7. The summed E-state index contributed by atoms with van der Waals surface area (Å²) in [5, 5.41) is 16.5. The highest BCUT2D eigenvalue weighted by atomic mass is 35.5. The lowest BCUT2D eigenvalue weighted by Gasteiger charge is -2.15. The normalized spacial score (nSPS) is 11.7. The topological polar surface area (TPSA) is 119 Å². The Labute approximate surface area is 181 Å². The van der Waals surface area contributed by atoms with Crippen molar-refractivity contribution >= 4 is 35.1 Å². The highest BCUT2D eigenvalue weighted by Gasteiger charge is 2.23. The Morgan fingerprint density at radius 2 is 1.93 bits per heavy atom. The molecule has 3 rings (SSSR count). The average Bonchev–Trinajstić information content (AvgIpc) is 3.14. The average molecular weight is 450 g/mol. The van der Waals surface area contributed by atoms with Gasteiger partial charge in [-0.3, -0.25) is 9.59 Å². The standard InChI is InChI=1S/C19H17Cl2N5O4/c1-10-24-9-26(25-10)12-5-14(20)17(15(21)6-12)18(27)23-8-13(19(28)29)11-3-4-16(30-2)22-7-11/h3-7,9,13H,8H2,1-2H3,(H,23,27)(H,28,29). The second-order valence-electron chi connectivity index (χ2n) is 6.26. The molecule has 0 aliphatic heterocycles. The first-order chi connectivity index (χ1) is 14.3. The van der Waals surface area contributed by atoms with E-state index in [1.807, 2.05) is 0 Å². The zero-order valence-electron chi connectivity index (χ0n) is 16.0. The van der Waals surface area contributed by atoms with Gasteiger partial charge in [0.1, 0.15) is 18.1 Å². The van der Waals surface area contributed by atoms with Crippen molar-refractivity contribution in [3.8, 4) is 11.6 Å². The highest BCUT2D eigenvalue weighted by Crippen LogP contribution is 2.28. The Bertz CT molecular complexity index is 1060. The molecular formula is C19H17Cl2N5O4. The van der Waals surface area contributed by atoms with Crippen LogP contribution in [0, 0.1) is 6.92 Å². The molecule has 1 unspecified atom stereocenters. The summed E-state index contributed by atoms with van der Waals surface area (Å²) in [6.45, 7) is 1.55. The number of hydrogen-bond donors (Lipinski definition) is 2. The molecule has 0 aliphatic rings. The van der Waals surface area contributed by atoms with Crippen LogP contribution in [0.1, 0.15) is 27.7 Å². The van der Waals surface area contributed by atoms with E-state index in [9.17, 15) is 14.7 Å². The van der Waals surface area contributed by atoms with Crippen molar-refractivity contribution in [2.75, 3.05) is 13.7 Å². The van der Waals surface area contributed by atoms with Crippen molar-refractivity contribution in [2.24, 2.45) is 0 Å². The molecule has 2 aromatic heterocycles. The number of carboxylic acid groups (broad SMARTS) is 1. The van der Waals surface area contributed by atoms with E-state index in [0.29, 0.717) is 23.0 Å². The van der Waals surface area contributed by atoms with Crippen LogP contribution in [0.3, 0.4) is 0 Å². The van der Waals surface area contributed by atoms with Gasteiger partial charge in [0, 0.05) is 18.8 Å². The lowest BCUT2D eigenvalue weighted by molar-refractivity contribution is -0.138. The third-order valence-electron chi connectivity index (χ3n) is 4.26. The molecular weight excluding hydrogens is 433 g/mol. The summed E-state index contributed by atoms with van der Waals surface area (Å²) >= 11 is 12.5. The number of rotatable bonds is 7. The minimum absolute atomic E-state index is 0.0379. The van der Waals surface area contributed by atoms with Crippen LogP contribution in [0.4, 0.5) is 0 Å². The van der Waals surface area contributed by atoms with Gasteiger partial charge in [0.15, 0.2) is 0 Å². The number of carbonyl (C=O) groups excluding carboxylic acids is 1. The Morgan fingerprint density at radius 3 is 2.43 bits per heavy atom. The van der Waals surface area contributed by atoms with Crippen LogP contribution in [0.5, 0.6) is 5.88 Å². The summed E-state index contributed by atoms with van der Waals surface area (Å²) in [5.74, 6) is -1.80. The van der Waals surface area contributed by atoms with E-state index >= 15 is 0 Å². The van der Waals surface area contributed by atoms with E-state index in [-0.39, 0.29) is 22.2 Å². The van der Waals surface area contributed by atoms with Crippen LogP contribution in [0.25, 0.3) is 5.69 Å². The van der Waals surface area contributed by atoms with E-state index in [2.05, 4.69) is 20.4 Å². The first-order valence-corrected chi connectivity index (χ1v) is 9.44. The van der Waals surface area contributed by atoms with Gasteiger partial charge in [-0.2, -0.15) is 5.10 Å². The minimum atomic E-state index is -1.11. The summed E-state index contributed by atoms with van der Waals surface area (Å²) in [4.78, 5) is 32.3. The van der Waals surface area contributed by atoms with Crippen molar-refractivity contribution in [1.29, 1.82) is 0 Å². The molecule has 30 heavy (non-hydrogen) atoms. The van der Waals surface area contributed by atoms with Gasteiger partial charge in [0.25, 0.3) is 5.91 Å². The molecule has 1 atom stereocenters. The molecule has 0 radical (unpaired) electrons. The lowest BCUT2D eigenvalue weighted by Crippen LogP contribution is -2.32. The first-order valence-electron chi connectivity index (χ1n) is 8.68. The number of ether oxygens (including phenoxy) is 1. The van der Waals surface area contributed by atoms with Crippen molar-refractivity contribution < 1.29 is 19.4 Å². The highest BCUT2D eigenvalue weighted by molar-refractivity contribution is 6.40. The summed E-state index contributed by atoms with van der Waals surface area (Å²) in [5.41, 5.74) is 0.989. The molecule has 1 amide bonds. The molecule has 3 aromatic rings. The van der Waals surface area contributed by atoms with Crippen molar-refractivity contribution in [2.45, 2.75) is 12.8 Å². The van der Waals surface area contributed by atoms with Gasteiger partial charge in [0.05, 0.1) is 28.4 Å². The van der Waals surface area contributed by atoms with Crippen LogP contribution in [0.2, 0.25) is 10.0 Å². The number of halogens is 2. The number of aliphatic carboxylic acids is 1. The number of amides is 1. The fourth-order valence-electron chi connectivity index (χ4n) is 2.73. The number of carboxylic acids is 1. The second kappa shape index (κ2) is 9.10. The third-order valence-corrected chi connectivity index (χ3v) is 4.86. The lowest BCUT2D eigenvalue weighted by atomic mass is 10.0. The van der Waals surface area contributed by atoms with E-state index in [4.69, 9.17) is 27.9 Å². The minimum Gasteiger partial charge on any atom is -0.481 e. The molecule has 9 nitrogen and oxygen atoms in total. The van der Waals surface area contributed by atoms with Crippen molar-refractivity contribution in [1.82, 2.24) is 25.1 Å². The quantitative estimate of drug-likeness (QED) is 0.568. The number of benzene rings is 1. The van der Waals surface area contributed by atoms with E-state index in [0.717, 1.165) is 0 Å². The first kappa shape index (κ1) is 21.5. The number of aromatic nitrogens is 4. The Morgan fingerprint density at radius 1 is 1.23 bits per heavy atom. The second-order valence-corrected chi connectivity index (χ2v) is 7.07. The van der Waals surface area contributed by atoms with Gasteiger partial charge in [-0.15, -0.1) is 0 Å². The van der Waals surface area contributed by atoms with Crippen LogP contribution in [0.15, 0.2) is 36.8 Å². The van der Waals surface area contributed by atoms with Crippen molar-refractivity contribution in [3.63, 3.8) is 0 Å². The third kappa shape index (κ3) is 4.69. The van der Waals surface area contributed by atoms with Gasteiger partial charge >= 0.3 is 5.97 Å². The SMILES string of the molecule is COc1ccc(C(CNC(=O)c2c(Cl)cc(-n3cnc(C)n3)cc2Cl)C(=O)O)cn1.